The molecule has 0 atom stereocenters. The van der Waals surface area contributed by atoms with Crippen LogP contribution in [0, 0.1) is 0 Å². The molecule has 1 aliphatic heterocycles. The zero-order chi connectivity index (χ0) is 48.9. The minimum Gasteiger partial charge on any atom is -0.478 e. The first-order valence-electron chi connectivity index (χ1n) is 19.0. The van der Waals surface area contributed by atoms with Crippen molar-refractivity contribution in [1.82, 2.24) is 29.9 Å². The van der Waals surface area contributed by atoms with Crippen LogP contribution in [-0.4, -0.2) is 97.2 Å². The number of ether oxygens (including phenoxy) is 3. The lowest BCUT2D eigenvalue weighted by molar-refractivity contribution is -0.115. The smallest absolute Gasteiger partial charge is 0.337 e. The summed E-state index contributed by atoms with van der Waals surface area (Å²) >= 11 is 11.3. The van der Waals surface area contributed by atoms with E-state index in [1.165, 1.54) is 51.7 Å². The summed E-state index contributed by atoms with van der Waals surface area (Å²) < 4.78 is 13.7. The maximum atomic E-state index is 11.2. The van der Waals surface area contributed by atoms with Gasteiger partial charge in [-0.1, -0.05) is 0 Å². The van der Waals surface area contributed by atoms with E-state index in [1.54, 1.807) is 60.7 Å². The number of hydrazine groups is 1. The van der Waals surface area contributed by atoms with Gasteiger partial charge in [0.25, 0.3) is 0 Å². The van der Waals surface area contributed by atoms with Crippen molar-refractivity contribution in [3.63, 3.8) is 0 Å². The number of amides is 1. The molecular formula is C43H39Cl2N11O11. The molecule has 22 nitrogen and oxygen atoms in total. The number of carbonyl (C=O) groups is 6. The van der Waals surface area contributed by atoms with Crippen molar-refractivity contribution in [3.8, 4) is 0 Å². The third kappa shape index (κ3) is 12.9. The van der Waals surface area contributed by atoms with E-state index in [-0.39, 0.29) is 34.3 Å². The van der Waals surface area contributed by atoms with Gasteiger partial charge in [0.05, 0.1) is 100 Å². The van der Waals surface area contributed by atoms with Crippen LogP contribution in [0.4, 0.5) is 23.0 Å². The fourth-order valence-corrected chi connectivity index (χ4v) is 6.23. The molecule has 1 aliphatic rings. The minimum atomic E-state index is -0.969. The second-order valence-electron chi connectivity index (χ2n) is 13.5. The molecule has 0 saturated carbocycles. The third-order valence-electron chi connectivity index (χ3n) is 9.10. The second kappa shape index (κ2) is 22.3. The topological polar surface area (TPSA) is 359 Å². The van der Waals surface area contributed by atoms with E-state index < -0.39 is 17.9 Å². The van der Waals surface area contributed by atoms with Gasteiger partial charge in [-0.05, 0) is 120 Å². The summed E-state index contributed by atoms with van der Waals surface area (Å²) in [6, 6.07) is 23.9. The summed E-state index contributed by atoms with van der Waals surface area (Å²) in [5.74, 6) is 2.41. The molecule has 0 bridgehead atoms. The zero-order valence-electron chi connectivity index (χ0n) is 35.3. The number of anilines is 4. The summed E-state index contributed by atoms with van der Waals surface area (Å²) in [5.41, 5.74) is 21.6. The van der Waals surface area contributed by atoms with Crippen LogP contribution in [0.3, 0.4) is 0 Å². The van der Waals surface area contributed by atoms with E-state index in [2.05, 4.69) is 54.9 Å². The number of fused-ring (bicyclic) bond motifs is 4. The van der Waals surface area contributed by atoms with Crippen molar-refractivity contribution in [2.45, 2.75) is 6.42 Å². The second-order valence-corrected chi connectivity index (χ2v) is 14.2. The van der Waals surface area contributed by atoms with Crippen LogP contribution in [-0.2, 0) is 25.4 Å². The molecule has 0 radical (unpaired) electrons. The number of nitrogen functional groups attached to an aromatic ring is 3. The Bertz CT molecular complexity index is 3150. The molecule has 0 unspecified atom stereocenters. The lowest BCUT2D eigenvalue weighted by Crippen LogP contribution is -2.07. The molecule has 1 amide bonds. The van der Waals surface area contributed by atoms with Gasteiger partial charge in [0, 0.05) is 5.69 Å². The standard InChI is InChI=1S/C10H9NO3.C9H7ClN2O2.C8H5ClN2O2.C8H8N4O2.C8H10N2O2/c1-14-10(13)6-2-3-8-7(4-6)5-9(12)11-8;1-14-8(13)5-2-3-6-7(4-5)12-9(10)11-6;9-8-10-5-2-1-4(7(12)13)3-6(5)11-8;9-12-8-10-5-2-1-4(7(13)14)3-6(5)11-8;1-12-8(11)5-2-3-6(9)7(10)4-5/h2-4H,5H2,1H3,(H,11,12);2-4H,1H3,(H,11,12);1-3H,(H,10,11)(H,12,13);1-3H,9H2,(H,13,14)(H2,10,11,12);2-4H,9-10H2,1H3. The molecule has 0 spiro atoms. The zero-order valence-corrected chi connectivity index (χ0v) is 36.8. The van der Waals surface area contributed by atoms with Crippen LogP contribution < -0.4 is 28.1 Å². The van der Waals surface area contributed by atoms with Crippen molar-refractivity contribution >= 4 is 115 Å². The van der Waals surface area contributed by atoms with Crippen LogP contribution in [0.5, 0.6) is 0 Å². The fraction of sp³-hybridized carbons (Fsp3) is 0.0930. The molecule has 67 heavy (non-hydrogen) atoms. The molecule has 346 valence electrons. The number of hydrogen-bond acceptors (Lipinski definition) is 16. The number of aromatic nitrogens is 6. The van der Waals surface area contributed by atoms with Gasteiger partial charge in [0.1, 0.15) is 0 Å². The number of methoxy groups -OCH3 is 3. The van der Waals surface area contributed by atoms with Gasteiger partial charge in [0.15, 0.2) is 0 Å². The number of nitrogens with one attached hydrogen (secondary N) is 5. The number of nitrogens with two attached hydrogens (primary N) is 3. The Labute approximate surface area is 387 Å². The number of nitrogens with zero attached hydrogens (tertiary/aromatic N) is 3. The number of carboxylic acid groups (broad SMARTS) is 2. The molecule has 9 rings (SSSR count). The number of H-pyrrole nitrogens is 3. The van der Waals surface area contributed by atoms with Crippen molar-refractivity contribution in [1.29, 1.82) is 0 Å². The van der Waals surface area contributed by atoms with Gasteiger partial charge in [-0.15, -0.1) is 0 Å². The van der Waals surface area contributed by atoms with Crippen LogP contribution in [0.25, 0.3) is 33.1 Å². The van der Waals surface area contributed by atoms with Crippen LogP contribution in [0.15, 0.2) is 91.0 Å². The molecule has 13 N–H and O–H groups in total. The first-order valence-corrected chi connectivity index (χ1v) is 19.7. The largest absolute Gasteiger partial charge is 0.478 e. The quantitative estimate of drug-likeness (QED) is 0.0297. The van der Waals surface area contributed by atoms with Crippen LogP contribution in [0.1, 0.15) is 57.4 Å². The van der Waals surface area contributed by atoms with E-state index >= 15 is 0 Å². The number of carbonyl (C=O) groups excluding carboxylic acids is 4. The van der Waals surface area contributed by atoms with Gasteiger partial charge in [-0.25, -0.2) is 44.8 Å². The number of hydrogen-bond donors (Lipinski definition) is 10. The maximum absolute atomic E-state index is 11.2. The van der Waals surface area contributed by atoms with Crippen molar-refractivity contribution in [2.75, 3.05) is 43.5 Å². The monoisotopic (exact) mass is 955 g/mol. The Hall–Kier alpha value is -8.73. The van der Waals surface area contributed by atoms with E-state index in [0.29, 0.717) is 67.8 Å². The van der Waals surface area contributed by atoms with Gasteiger partial charge in [-0.2, -0.15) is 0 Å². The fourth-order valence-electron chi connectivity index (χ4n) is 5.84. The highest BCUT2D eigenvalue weighted by Crippen LogP contribution is 2.24. The molecule has 8 aromatic rings. The van der Waals surface area contributed by atoms with Crippen LogP contribution in [0.2, 0.25) is 10.6 Å². The Balaban J connectivity index is 0.000000157. The molecule has 5 aromatic carbocycles. The van der Waals surface area contributed by atoms with Crippen molar-refractivity contribution in [2.24, 2.45) is 5.84 Å². The predicted octanol–water partition coefficient (Wildman–Crippen LogP) is 6.07. The predicted molar refractivity (Wildman–Crippen MR) is 248 cm³/mol. The summed E-state index contributed by atoms with van der Waals surface area (Å²) in [4.78, 5) is 85.9. The Morgan fingerprint density at radius 1 is 0.582 bits per heavy atom. The van der Waals surface area contributed by atoms with Crippen LogP contribution >= 0.6 is 23.2 Å². The lowest BCUT2D eigenvalue weighted by Gasteiger charge is -2.02. The lowest BCUT2D eigenvalue weighted by atomic mass is 10.1. The van der Waals surface area contributed by atoms with Gasteiger partial charge in [-0.3, -0.25) is 10.2 Å². The van der Waals surface area contributed by atoms with E-state index in [0.717, 1.165) is 22.3 Å². The normalized spacial score (nSPS) is 10.9. The number of carboxylic acids is 2. The van der Waals surface area contributed by atoms with E-state index in [9.17, 15) is 28.8 Å². The highest BCUT2D eigenvalue weighted by molar-refractivity contribution is 6.29. The van der Waals surface area contributed by atoms with E-state index in [4.69, 9.17) is 50.7 Å². The Morgan fingerprint density at radius 2 is 1.00 bits per heavy atom. The molecular weight excluding hydrogens is 917 g/mol. The number of imidazole rings is 3. The Morgan fingerprint density at radius 3 is 1.48 bits per heavy atom. The summed E-state index contributed by atoms with van der Waals surface area (Å²) in [6.45, 7) is 0. The highest BCUT2D eigenvalue weighted by Gasteiger charge is 2.19. The number of aromatic amines is 3. The number of benzene rings is 5. The number of esters is 3. The minimum absolute atomic E-state index is 0.0398. The SMILES string of the molecule is COC(=O)c1ccc(N)c(N)c1.COC(=O)c1ccc2c(c1)CC(=O)N2.COC(=O)c1ccc2nc(Cl)[nH]c2c1.NNc1nc2ccc(C(=O)O)cc2[nH]1.O=C(O)c1ccc2nc(Cl)[nH]c2c1. The number of aromatic carboxylic acids is 2. The average Bonchev–Trinajstić information content (AvgIpc) is 4.11. The summed E-state index contributed by atoms with van der Waals surface area (Å²) in [7, 11) is 3.99. The molecule has 0 aliphatic carbocycles. The first-order chi connectivity index (χ1) is 31.9. The van der Waals surface area contributed by atoms with Gasteiger partial charge >= 0.3 is 29.8 Å². The molecule has 24 heteroatoms. The average molecular weight is 957 g/mol. The highest BCUT2D eigenvalue weighted by atomic mass is 35.5. The third-order valence-corrected chi connectivity index (χ3v) is 9.46. The first kappa shape index (κ1) is 49.3. The van der Waals surface area contributed by atoms with Gasteiger partial charge < -0.3 is 56.2 Å². The van der Waals surface area contributed by atoms with Gasteiger partial charge in [0.2, 0.25) is 22.4 Å². The summed E-state index contributed by atoms with van der Waals surface area (Å²) in [6.07, 6.45) is 0.333. The maximum Gasteiger partial charge on any atom is 0.337 e. The molecule has 3 aromatic heterocycles. The van der Waals surface area contributed by atoms with E-state index in [1.807, 2.05) is 0 Å². The number of rotatable bonds is 6. The molecule has 0 saturated heterocycles. The van der Waals surface area contributed by atoms with Crippen molar-refractivity contribution in [3.05, 3.63) is 135 Å². The molecule has 4 heterocycles. The van der Waals surface area contributed by atoms with Crippen molar-refractivity contribution < 1.29 is 53.2 Å². The summed E-state index contributed by atoms with van der Waals surface area (Å²) in [5, 5.41) is 20.7. The Kier molecular flexibility index (Phi) is 16.4. The molecule has 0 fully saturated rings. The number of halogens is 2.